The molecule has 1 rings (SSSR count). The highest BCUT2D eigenvalue weighted by Gasteiger charge is 2.10. The average molecular weight is 279 g/mol. The summed E-state index contributed by atoms with van der Waals surface area (Å²) in [6.07, 6.45) is 0.223. The van der Waals surface area contributed by atoms with Crippen LogP contribution in [0.5, 0.6) is 0 Å². The summed E-state index contributed by atoms with van der Waals surface area (Å²) in [5, 5.41) is 5.35. The van der Waals surface area contributed by atoms with Crippen LogP contribution in [0.2, 0.25) is 0 Å². The van der Waals surface area contributed by atoms with E-state index >= 15 is 0 Å². The molecule has 0 atom stereocenters. The Labute approximate surface area is 118 Å². The summed E-state index contributed by atoms with van der Waals surface area (Å²) in [6.45, 7) is 3.09. The van der Waals surface area contributed by atoms with Crippen LogP contribution in [0, 0.1) is 6.92 Å². The van der Waals surface area contributed by atoms with E-state index in [1.54, 1.807) is 19.2 Å². The van der Waals surface area contributed by atoms with E-state index in [0.29, 0.717) is 24.4 Å². The molecular formula is C14H21N3O3. The molecule has 2 amide bonds. The minimum atomic E-state index is -0.268. The minimum absolute atomic E-state index is 0.125. The summed E-state index contributed by atoms with van der Waals surface area (Å²) in [6, 6.07) is 5.26. The molecule has 1 aromatic rings. The number of nitrogen functional groups attached to an aromatic ring is 1. The lowest BCUT2D eigenvalue weighted by Gasteiger charge is -2.08. The van der Waals surface area contributed by atoms with Crippen molar-refractivity contribution in [1.29, 1.82) is 0 Å². The quantitative estimate of drug-likeness (QED) is 0.499. The van der Waals surface area contributed by atoms with Gasteiger partial charge in [0.05, 0.1) is 12.2 Å². The van der Waals surface area contributed by atoms with Gasteiger partial charge < -0.3 is 21.1 Å². The molecule has 4 N–H and O–H groups in total. The van der Waals surface area contributed by atoms with Crippen molar-refractivity contribution in [3.8, 4) is 0 Å². The molecule has 0 spiro atoms. The number of anilines is 1. The molecule has 6 heteroatoms. The van der Waals surface area contributed by atoms with Crippen LogP contribution < -0.4 is 16.4 Å². The second-order valence-electron chi connectivity index (χ2n) is 4.44. The van der Waals surface area contributed by atoms with Crippen molar-refractivity contribution in [2.24, 2.45) is 0 Å². The number of hydrogen-bond acceptors (Lipinski definition) is 4. The highest BCUT2D eigenvalue weighted by molar-refractivity contribution is 5.99. The van der Waals surface area contributed by atoms with E-state index < -0.39 is 0 Å². The third-order valence-corrected chi connectivity index (χ3v) is 2.72. The Morgan fingerprint density at radius 1 is 1.25 bits per heavy atom. The predicted molar refractivity (Wildman–Crippen MR) is 77.4 cm³/mol. The normalized spacial score (nSPS) is 10.1. The van der Waals surface area contributed by atoms with Crippen LogP contribution in [0.25, 0.3) is 0 Å². The van der Waals surface area contributed by atoms with Crippen LogP contribution >= 0.6 is 0 Å². The molecule has 0 aliphatic carbocycles. The third kappa shape index (κ3) is 5.27. The Balaban J connectivity index is 2.36. The zero-order valence-electron chi connectivity index (χ0n) is 11.9. The maximum Gasteiger partial charge on any atom is 0.253 e. The molecular weight excluding hydrogens is 258 g/mol. The molecule has 0 radical (unpaired) electrons. The highest BCUT2D eigenvalue weighted by Crippen LogP contribution is 2.13. The van der Waals surface area contributed by atoms with E-state index in [0.717, 1.165) is 5.56 Å². The lowest BCUT2D eigenvalue weighted by atomic mass is 10.1. The maximum absolute atomic E-state index is 11.9. The van der Waals surface area contributed by atoms with E-state index in [1.165, 1.54) is 0 Å². The van der Waals surface area contributed by atoms with E-state index in [2.05, 4.69) is 10.6 Å². The van der Waals surface area contributed by atoms with Gasteiger partial charge in [-0.3, -0.25) is 9.59 Å². The summed E-state index contributed by atoms with van der Waals surface area (Å²) < 4.78 is 4.82. The summed E-state index contributed by atoms with van der Waals surface area (Å²) in [5.74, 6) is -0.393. The Morgan fingerprint density at radius 3 is 2.70 bits per heavy atom. The van der Waals surface area contributed by atoms with Crippen LogP contribution in [-0.4, -0.2) is 38.6 Å². The van der Waals surface area contributed by atoms with Crippen LogP contribution in [0.4, 0.5) is 5.69 Å². The largest absolute Gasteiger partial charge is 0.398 e. The molecule has 0 bridgehead atoms. The lowest BCUT2D eigenvalue weighted by molar-refractivity contribution is -0.121. The first-order valence-corrected chi connectivity index (χ1v) is 6.44. The lowest BCUT2D eigenvalue weighted by Crippen LogP contribution is -2.32. The number of hydrogen-bond donors (Lipinski definition) is 3. The van der Waals surface area contributed by atoms with Gasteiger partial charge in [-0.25, -0.2) is 0 Å². The van der Waals surface area contributed by atoms with Crippen molar-refractivity contribution < 1.29 is 14.3 Å². The predicted octanol–water partition coefficient (Wildman–Crippen LogP) is 0.460. The zero-order valence-corrected chi connectivity index (χ0v) is 11.9. The zero-order chi connectivity index (χ0) is 15.0. The Hall–Kier alpha value is -2.08. The topological polar surface area (TPSA) is 93.5 Å². The Kier molecular flexibility index (Phi) is 6.52. The van der Waals surface area contributed by atoms with Crippen molar-refractivity contribution in [3.05, 3.63) is 29.3 Å². The second kappa shape index (κ2) is 8.16. The highest BCUT2D eigenvalue weighted by atomic mass is 16.5. The first kappa shape index (κ1) is 16.0. The van der Waals surface area contributed by atoms with Crippen LogP contribution in [0.1, 0.15) is 22.3 Å². The number of benzene rings is 1. The van der Waals surface area contributed by atoms with Crippen molar-refractivity contribution in [2.75, 3.05) is 32.5 Å². The summed E-state index contributed by atoms with van der Waals surface area (Å²) in [5.41, 5.74) is 7.57. The SMILES string of the molecule is COCCNC(=O)CCNC(=O)c1cc(C)ccc1N. The van der Waals surface area contributed by atoms with E-state index in [-0.39, 0.29) is 24.8 Å². The van der Waals surface area contributed by atoms with Gasteiger partial charge in [0, 0.05) is 32.3 Å². The van der Waals surface area contributed by atoms with Crippen molar-refractivity contribution in [3.63, 3.8) is 0 Å². The van der Waals surface area contributed by atoms with Crippen molar-refractivity contribution in [1.82, 2.24) is 10.6 Å². The van der Waals surface area contributed by atoms with Crippen LogP contribution in [0.3, 0.4) is 0 Å². The molecule has 0 saturated heterocycles. The van der Waals surface area contributed by atoms with Gasteiger partial charge in [-0.15, -0.1) is 0 Å². The number of nitrogens with one attached hydrogen (secondary N) is 2. The molecule has 0 unspecified atom stereocenters. The van der Waals surface area contributed by atoms with Gasteiger partial charge in [0.25, 0.3) is 5.91 Å². The molecule has 0 heterocycles. The second-order valence-corrected chi connectivity index (χ2v) is 4.44. The van der Waals surface area contributed by atoms with Gasteiger partial charge >= 0.3 is 0 Å². The van der Waals surface area contributed by atoms with Crippen LogP contribution in [0.15, 0.2) is 18.2 Å². The van der Waals surface area contributed by atoms with Gasteiger partial charge in [-0.2, -0.15) is 0 Å². The first-order chi connectivity index (χ1) is 9.54. The molecule has 1 aromatic carbocycles. The van der Waals surface area contributed by atoms with Gasteiger partial charge in [0.1, 0.15) is 0 Å². The first-order valence-electron chi connectivity index (χ1n) is 6.44. The molecule has 0 fully saturated rings. The number of nitrogens with two attached hydrogens (primary N) is 1. The van der Waals surface area contributed by atoms with Crippen LogP contribution in [-0.2, 0) is 9.53 Å². The number of aryl methyl sites for hydroxylation is 1. The minimum Gasteiger partial charge on any atom is -0.398 e. The molecule has 0 aliphatic rings. The Bertz CT molecular complexity index is 475. The number of amides is 2. The van der Waals surface area contributed by atoms with E-state index in [1.807, 2.05) is 13.0 Å². The molecule has 0 saturated carbocycles. The molecule has 0 aromatic heterocycles. The number of ether oxygens (including phenoxy) is 1. The van der Waals surface area contributed by atoms with Gasteiger partial charge in [-0.05, 0) is 19.1 Å². The molecule has 110 valence electrons. The molecule has 6 nitrogen and oxygen atoms in total. The van der Waals surface area contributed by atoms with Gasteiger partial charge in [0.2, 0.25) is 5.91 Å². The summed E-state index contributed by atoms with van der Waals surface area (Å²) in [4.78, 5) is 23.3. The van der Waals surface area contributed by atoms with Crippen molar-refractivity contribution >= 4 is 17.5 Å². The average Bonchev–Trinajstić information content (AvgIpc) is 2.41. The number of methoxy groups -OCH3 is 1. The van der Waals surface area contributed by atoms with E-state index in [9.17, 15) is 9.59 Å². The maximum atomic E-state index is 11.9. The number of carbonyl (C=O) groups is 2. The summed E-state index contributed by atoms with van der Waals surface area (Å²) in [7, 11) is 1.57. The number of carbonyl (C=O) groups excluding carboxylic acids is 2. The fourth-order valence-electron chi connectivity index (χ4n) is 1.63. The Morgan fingerprint density at radius 2 is 2.00 bits per heavy atom. The third-order valence-electron chi connectivity index (χ3n) is 2.72. The fourth-order valence-corrected chi connectivity index (χ4v) is 1.63. The van der Waals surface area contributed by atoms with E-state index in [4.69, 9.17) is 10.5 Å². The van der Waals surface area contributed by atoms with Gasteiger partial charge in [-0.1, -0.05) is 11.6 Å². The summed E-state index contributed by atoms with van der Waals surface area (Å²) >= 11 is 0. The molecule has 0 aliphatic heterocycles. The molecule has 20 heavy (non-hydrogen) atoms. The number of rotatable bonds is 7. The monoisotopic (exact) mass is 279 g/mol. The fraction of sp³-hybridized carbons (Fsp3) is 0.429. The standard InChI is InChI=1S/C14H21N3O3/c1-10-3-4-12(15)11(9-10)14(19)17-6-5-13(18)16-7-8-20-2/h3-4,9H,5-8,15H2,1-2H3,(H,16,18)(H,17,19). The van der Waals surface area contributed by atoms with Crippen molar-refractivity contribution in [2.45, 2.75) is 13.3 Å². The van der Waals surface area contributed by atoms with Gasteiger partial charge in [0.15, 0.2) is 0 Å². The smallest absolute Gasteiger partial charge is 0.253 e.